The summed E-state index contributed by atoms with van der Waals surface area (Å²) in [4.78, 5) is 8.27. The molecule has 0 radical (unpaired) electrons. The minimum absolute atomic E-state index is 0.0765. The van der Waals surface area contributed by atoms with Crippen LogP contribution in [0.1, 0.15) is 24.5 Å². The maximum absolute atomic E-state index is 14.6. The van der Waals surface area contributed by atoms with E-state index < -0.39 is 0 Å². The van der Waals surface area contributed by atoms with Crippen molar-refractivity contribution in [3.8, 4) is 11.1 Å². The van der Waals surface area contributed by atoms with Crippen LogP contribution in [0.5, 0.6) is 0 Å². The maximum Gasteiger partial charge on any atom is 0.192 e. The van der Waals surface area contributed by atoms with Crippen molar-refractivity contribution >= 4 is 39.9 Å². The van der Waals surface area contributed by atoms with Crippen molar-refractivity contribution in [2.45, 2.75) is 26.2 Å². The molecule has 1 aromatic heterocycles. The molecule has 0 amide bonds. The number of rotatable bonds is 3. The van der Waals surface area contributed by atoms with Crippen LogP contribution in [0.2, 0.25) is 0 Å². The van der Waals surface area contributed by atoms with Gasteiger partial charge in [0.1, 0.15) is 5.82 Å². The lowest BCUT2D eigenvalue weighted by molar-refractivity contribution is 0.613. The van der Waals surface area contributed by atoms with E-state index in [0.717, 1.165) is 53.0 Å². The first-order valence-corrected chi connectivity index (χ1v) is 9.52. The monoisotopic (exact) mass is 374 g/mol. The Morgan fingerprint density at radius 1 is 1.36 bits per heavy atom. The van der Waals surface area contributed by atoms with E-state index >= 15 is 0 Å². The van der Waals surface area contributed by atoms with Crippen LogP contribution in [0.4, 0.5) is 10.1 Å². The molecule has 0 spiro atoms. The number of aromatic nitrogens is 1. The van der Waals surface area contributed by atoms with Crippen molar-refractivity contribution in [1.82, 2.24) is 4.98 Å². The van der Waals surface area contributed by atoms with Gasteiger partial charge in [0, 0.05) is 18.0 Å². The molecule has 0 aliphatic heterocycles. The largest absolute Gasteiger partial charge is 0.374 e. The fourth-order valence-electron chi connectivity index (χ4n) is 3.07. The van der Waals surface area contributed by atoms with Gasteiger partial charge in [-0.25, -0.2) is 4.39 Å². The van der Waals surface area contributed by atoms with Crippen molar-refractivity contribution in [2.24, 2.45) is 10.7 Å². The molecular formula is C18H19FN4S2. The molecule has 4 nitrogen and oxygen atoms in total. The third-order valence-corrected chi connectivity index (χ3v) is 4.91. The van der Waals surface area contributed by atoms with Gasteiger partial charge in [0.25, 0.3) is 0 Å². The Kier molecular flexibility index (Phi) is 5.65. The first-order chi connectivity index (χ1) is 12.1. The van der Waals surface area contributed by atoms with Crippen molar-refractivity contribution in [3.05, 3.63) is 47.5 Å². The van der Waals surface area contributed by atoms with Crippen LogP contribution in [-0.2, 0) is 12.8 Å². The molecule has 0 saturated heterocycles. The van der Waals surface area contributed by atoms with Gasteiger partial charge in [-0.05, 0) is 72.1 Å². The number of pyridine rings is 1. The second-order valence-corrected chi connectivity index (χ2v) is 7.31. The first kappa shape index (κ1) is 17.8. The zero-order valence-corrected chi connectivity index (χ0v) is 15.5. The Morgan fingerprint density at radius 2 is 2.08 bits per heavy atom. The van der Waals surface area contributed by atoms with Gasteiger partial charge in [0.15, 0.2) is 10.3 Å². The first-order valence-electron chi connectivity index (χ1n) is 8.12. The third-order valence-electron chi connectivity index (χ3n) is 4.06. The molecule has 0 saturated carbocycles. The maximum atomic E-state index is 14.6. The summed E-state index contributed by atoms with van der Waals surface area (Å²) in [5.74, 6) is 0.670. The average molecular weight is 375 g/mol. The highest BCUT2D eigenvalue weighted by Gasteiger charge is 2.23. The van der Waals surface area contributed by atoms with Crippen molar-refractivity contribution in [2.75, 3.05) is 11.1 Å². The molecule has 1 aliphatic carbocycles. The Bertz CT molecular complexity index is 822. The Hall–Kier alpha value is -1.99. The molecule has 0 unspecified atom stereocenters. The lowest BCUT2D eigenvalue weighted by atomic mass is 9.97. The van der Waals surface area contributed by atoms with E-state index in [9.17, 15) is 4.39 Å². The summed E-state index contributed by atoms with van der Waals surface area (Å²) in [7, 11) is 0. The summed E-state index contributed by atoms with van der Waals surface area (Å²) in [6.07, 6.45) is 5.95. The van der Waals surface area contributed by atoms with Crippen LogP contribution >= 0.6 is 24.0 Å². The van der Waals surface area contributed by atoms with Crippen molar-refractivity contribution < 1.29 is 4.39 Å². The number of thioether (sulfide) groups is 1. The minimum atomic E-state index is -0.152. The quantitative estimate of drug-likeness (QED) is 0.480. The molecule has 1 aromatic carbocycles. The number of hydrogen-bond donors (Lipinski definition) is 2. The van der Waals surface area contributed by atoms with Crippen molar-refractivity contribution in [1.29, 1.82) is 0 Å². The molecular weight excluding hydrogens is 355 g/mol. The number of amidine groups is 1. The standard InChI is InChI=1S/C18H19FN4S2/c1-2-25-18(23-17(20)24)22-16-13-5-3-4-12(13)15(19)10-14(16)11-6-8-21-9-7-11/h6-10H,2-5H2,1H3,(H3,20,22,23,24). The Balaban J connectivity index is 2.13. The van der Waals surface area contributed by atoms with Gasteiger partial charge >= 0.3 is 0 Å². The summed E-state index contributed by atoms with van der Waals surface area (Å²) in [6, 6.07) is 5.34. The van der Waals surface area contributed by atoms with Crippen LogP contribution in [0.15, 0.2) is 35.6 Å². The van der Waals surface area contributed by atoms with Crippen LogP contribution in [-0.4, -0.2) is 21.0 Å². The molecule has 1 aliphatic rings. The lowest BCUT2D eigenvalue weighted by Gasteiger charge is -2.18. The van der Waals surface area contributed by atoms with Gasteiger partial charge in [-0.2, -0.15) is 4.99 Å². The van der Waals surface area contributed by atoms with Gasteiger partial charge in [-0.15, -0.1) is 0 Å². The number of benzene rings is 1. The minimum Gasteiger partial charge on any atom is -0.374 e. The second-order valence-electron chi connectivity index (χ2n) is 5.64. The topological polar surface area (TPSA) is 63.3 Å². The highest BCUT2D eigenvalue weighted by Crippen LogP contribution is 2.39. The van der Waals surface area contributed by atoms with E-state index in [-0.39, 0.29) is 10.9 Å². The number of halogens is 1. The molecule has 25 heavy (non-hydrogen) atoms. The van der Waals surface area contributed by atoms with Gasteiger partial charge in [0.05, 0.1) is 5.69 Å². The third kappa shape index (κ3) is 3.99. The zero-order valence-electron chi connectivity index (χ0n) is 13.9. The predicted molar refractivity (Wildman–Crippen MR) is 108 cm³/mol. The smallest absolute Gasteiger partial charge is 0.192 e. The summed E-state index contributed by atoms with van der Waals surface area (Å²) in [5.41, 5.74) is 9.98. The molecule has 1 heterocycles. The number of anilines is 1. The van der Waals surface area contributed by atoms with E-state index in [4.69, 9.17) is 18.0 Å². The normalized spacial score (nSPS) is 13.6. The second kappa shape index (κ2) is 7.93. The van der Waals surface area contributed by atoms with Gasteiger partial charge in [-0.1, -0.05) is 18.7 Å². The number of aliphatic imine (C=N–C) groups is 1. The van der Waals surface area contributed by atoms with Crippen LogP contribution in [0.25, 0.3) is 11.1 Å². The molecule has 0 fully saturated rings. The van der Waals surface area contributed by atoms with E-state index in [0.29, 0.717) is 5.17 Å². The molecule has 0 atom stereocenters. The van der Waals surface area contributed by atoms with Crippen LogP contribution < -0.4 is 11.1 Å². The van der Waals surface area contributed by atoms with E-state index in [2.05, 4.69) is 15.3 Å². The molecule has 2 aromatic rings. The molecule has 3 N–H and O–H groups in total. The zero-order chi connectivity index (χ0) is 17.8. The van der Waals surface area contributed by atoms with Gasteiger partial charge < -0.3 is 11.1 Å². The molecule has 7 heteroatoms. The highest BCUT2D eigenvalue weighted by atomic mass is 32.2. The fraction of sp³-hybridized carbons (Fsp3) is 0.278. The molecule has 0 bridgehead atoms. The lowest BCUT2D eigenvalue weighted by Crippen LogP contribution is -2.16. The number of fused-ring (bicyclic) bond motifs is 1. The number of nitrogens with zero attached hydrogens (tertiary/aromatic N) is 2. The Morgan fingerprint density at radius 3 is 2.76 bits per heavy atom. The summed E-state index contributed by atoms with van der Waals surface area (Å²) in [6.45, 7) is 2.03. The van der Waals surface area contributed by atoms with Crippen LogP contribution in [0.3, 0.4) is 0 Å². The number of hydrogen-bond acceptors (Lipinski definition) is 3. The highest BCUT2D eigenvalue weighted by molar-refractivity contribution is 8.14. The average Bonchev–Trinajstić information content (AvgIpc) is 3.08. The van der Waals surface area contributed by atoms with Crippen molar-refractivity contribution in [3.63, 3.8) is 0 Å². The summed E-state index contributed by atoms with van der Waals surface area (Å²) >= 11 is 6.44. The number of thiocarbonyl (C=S) groups is 1. The summed E-state index contributed by atoms with van der Waals surface area (Å²) < 4.78 is 14.6. The molecule has 3 rings (SSSR count). The SMILES string of the molecule is CCSC(=NC(N)=S)Nc1c(-c2ccncc2)cc(F)c2c1CCC2. The fourth-order valence-corrected chi connectivity index (χ4v) is 3.83. The summed E-state index contributed by atoms with van der Waals surface area (Å²) in [5, 5.41) is 4.07. The van der Waals surface area contributed by atoms with Gasteiger partial charge in [-0.3, -0.25) is 4.98 Å². The Labute approximate surface area is 156 Å². The van der Waals surface area contributed by atoms with E-state index in [1.165, 1.54) is 11.8 Å². The number of nitrogens with two attached hydrogens (primary N) is 1. The van der Waals surface area contributed by atoms with E-state index in [1.807, 2.05) is 19.1 Å². The van der Waals surface area contributed by atoms with Crippen LogP contribution in [0, 0.1) is 5.82 Å². The van der Waals surface area contributed by atoms with Gasteiger partial charge in [0.2, 0.25) is 0 Å². The van der Waals surface area contributed by atoms with E-state index in [1.54, 1.807) is 18.5 Å². The number of nitrogens with one attached hydrogen (secondary N) is 1. The molecule has 130 valence electrons. The predicted octanol–water partition coefficient (Wildman–Crippen LogP) is 4.14.